The maximum Gasteiger partial charge on any atom is 0.416 e. The lowest BCUT2D eigenvalue weighted by atomic mass is 10.1. The van der Waals surface area contributed by atoms with Gasteiger partial charge < -0.3 is 14.5 Å². The lowest BCUT2D eigenvalue weighted by Gasteiger charge is -2.35. The summed E-state index contributed by atoms with van der Waals surface area (Å²) in [6, 6.07) is 5.31. The zero-order valence-electron chi connectivity index (χ0n) is 13.1. The number of benzene rings is 1. The van der Waals surface area contributed by atoms with Gasteiger partial charge in [-0.3, -0.25) is 0 Å². The second-order valence-corrected chi connectivity index (χ2v) is 6.18. The van der Waals surface area contributed by atoms with Crippen LogP contribution in [-0.4, -0.2) is 42.6 Å². The van der Waals surface area contributed by atoms with Gasteiger partial charge in [0.25, 0.3) is 0 Å². The van der Waals surface area contributed by atoms with Crippen LogP contribution in [0.3, 0.4) is 0 Å². The molecule has 0 N–H and O–H groups in total. The third kappa shape index (κ3) is 3.78. The molecule has 0 aliphatic carbocycles. The van der Waals surface area contributed by atoms with Crippen molar-refractivity contribution >= 4 is 22.4 Å². The minimum absolute atomic E-state index is 0.391. The van der Waals surface area contributed by atoms with Crippen LogP contribution in [0.2, 0.25) is 0 Å². The Morgan fingerprint density at radius 2 is 1.71 bits per heavy atom. The van der Waals surface area contributed by atoms with Crippen LogP contribution < -0.4 is 9.80 Å². The van der Waals surface area contributed by atoms with Crippen molar-refractivity contribution in [3.8, 4) is 0 Å². The first-order valence-electron chi connectivity index (χ1n) is 7.46. The number of hydrogen-bond donors (Lipinski definition) is 0. The van der Waals surface area contributed by atoms with Crippen LogP contribution >= 0.6 is 11.5 Å². The first-order valence-corrected chi connectivity index (χ1v) is 8.23. The van der Waals surface area contributed by atoms with Gasteiger partial charge in [0.15, 0.2) is 5.82 Å². The molecule has 0 spiro atoms. The fourth-order valence-corrected chi connectivity index (χ4v) is 3.30. The summed E-state index contributed by atoms with van der Waals surface area (Å²) >= 11 is 1.34. The molecule has 130 valence electrons. The quantitative estimate of drug-likeness (QED) is 0.840. The Balaban J connectivity index is 1.60. The molecule has 0 atom stereocenters. The number of aromatic nitrogens is 2. The van der Waals surface area contributed by atoms with Crippen molar-refractivity contribution in [1.82, 2.24) is 9.36 Å². The van der Waals surface area contributed by atoms with Gasteiger partial charge in [-0.15, -0.1) is 0 Å². The van der Waals surface area contributed by atoms with Crippen LogP contribution in [0.1, 0.15) is 11.4 Å². The largest absolute Gasteiger partial charge is 0.416 e. The average Bonchev–Trinajstić information content (AvgIpc) is 3.03. The maximum absolute atomic E-state index is 12.6. The Kier molecular flexibility index (Phi) is 4.91. The van der Waals surface area contributed by atoms with Gasteiger partial charge in [0.05, 0.1) is 5.56 Å². The molecular formula is C15H17F3N4OS. The average molecular weight is 358 g/mol. The third-order valence-electron chi connectivity index (χ3n) is 3.84. The van der Waals surface area contributed by atoms with E-state index in [1.807, 2.05) is 0 Å². The zero-order chi connectivity index (χ0) is 17.2. The summed E-state index contributed by atoms with van der Waals surface area (Å²) in [4.78, 5) is 8.64. The van der Waals surface area contributed by atoms with Gasteiger partial charge in [0.1, 0.15) is 6.61 Å². The van der Waals surface area contributed by atoms with Gasteiger partial charge in [-0.1, -0.05) is 0 Å². The van der Waals surface area contributed by atoms with E-state index in [2.05, 4.69) is 19.2 Å². The van der Waals surface area contributed by atoms with E-state index in [1.54, 1.807) is 7.11 Å². The number of rotatable bonds is 4. The van der Waals surface area contributed by atoms with Crippen LogP contribution in [0.15, 0.2) is 24.3 Å². The topological polar surface area (TPSA) is 41.5 Å². The van der Waals surface area contributed by atoms with Crippen molar-refractivity contribution in [3.05, 3.63) is 35.7 Å². The van der Waals surface area contributed by atoms with Gasteiger partial charge in [-0.05, 0) is 24.3 Å². The molecule has 0 radical (unpaired) electrons. The summed E-state index contributed by atoms with van der Waals surface area (Å²) in [6.45, 7) is 3.35. The summed E-state index contributed by atoms with van der Waals surface area (Å²) in [5.41, 5.74) is 0.185. The summed E-state index contributed by atoms with van der Waals surface area (Å²) in [5.74, 6) is 0.669. The number of hydrogen-bond acceptors (Lipinski definition) is 6. The number of alkyl halides is 3. The highest BCUT2D eigenvalue weighted by Crippen LogP contribution is 2.31. The fourth-order valence-electron chi connectivity index (χ4n) is 2.58. The summed E-state index contributed by atoms with van der Waals surface area (Å²) in [7, 11) is 1.60. The molecule has 2 heterocycles. The van der Waals surface area contributed by atoms with Crippen LogP contribution in [0.25, 0.3) is 0 Å². The third-order valence-corrected chi connectivity index (χ3v) is 4.66. The lowest BCUT2D eigenvalue weighted by Crippen LogP contribution is -2.46. The van der Waals surface area contributed by atoms with Crippen LogP contribution in [0.4, 0.5) is 24.0 Å². The molecule has 1 aromatic carbocycles. The SMILES string of the molecule is COCc1nsc(N2CCN(c3ccc(C(F)(F)F)cc3)CC2)n1. The summed E-state index contributed by atoms with van der Waals surface area (Å²) < 4.78 is 47.1. The first kappa shape index (κ1) is 17.0. The van der Waals surface area contributed by atoms with Crippen molar-refractivity contribution in [1.29, 1.82) is 0 Å². The van der Waals surface area contributed by atoms with Crippen molar-refractivity contribution in [2.45, 2.75) is 12.8 Å². The van der Waals surface area contributed by atoms with Crippen molar-refractivity contribution in [3.63, 3.8) is 0 Å². The minimum Gasteiger partial charge on any atom is -0.377 e. The minimum atomic E-state index is -4.30. The van der Waals surface area contributed by atoms with E-state index in [1.165, 1.54) is 23.7 Å². The molecule has 9 heteroatoms. The van der Waals surface area contributed by atoms with Crippen LogP contribution in [0, 0.1) is 0 Å². The van der Waals surface area contributed by atoms with Crippen molar-refractivity contribution < 1.29 is 17.9 Å². The maximum atomic E-state index is 12.6. The molecule has 1 fully saturated rings. The fraction of sp³-hybridized carbons (Fsp3) is 0.467. The molecule has 2 aromatic rings. The second-order valence-electron chi connectivity index (χ2n) is 5.44. The van der Waals surface area contributed by atoms with E-state index >= 15 is 0 Å². The Hall–Kier alpha value is -1.87. The van der Waals surface area contributed by atoms with Crippen LogP contribution in [-0.2, 0) is 17.5 Å². The highest BCUT2D eigenvalue weighted by atomic mass is 32.1. The van der Waals surface area contributed by atoms with E-state index in [9.17, 15) is 13.2 Å². The van der Waals surface area contributed by atoms with E-state index in [0.717, 1.165) is 49.1 Å². The molecule has 1 saturated heterocycles. The normalized spacial score (nSPS) is 15.8. The summed E-state index contributed by atoms with van der Waals surface area (Å²) in [5, 5.41) is 0.856. The van der Waals surface area contributed by atoms with Gasteiger partial charge in [0, 0.05) is 50.5 Å². The van der Waals surface area contributed by atoms with Gasteiger partial charge in [0.2, 0.25) is 5.13 Å². The molecular weight excluding hydrogens is 341 g/mol. The summed E-state index contributed by atoms with van der Waals surface area (Å²) in [6.07, 6.45) is -4.30. The molecule has 0 saturated carbocycles. The van der Waals surface area contributed by atoms with E-state index in [0.29, 0.717) is 12.4 Å². The van der Waals surface area contributed by atoms with Gasteiger partial charge in [-0.25, -0.2) is 4.98 Å². The highest BCUT2D eigenvalue weighted by molar-refractivity contribution is 7.09. The lowest BCUT2D eigenvalue weighted by molar-refractivity contribution is -0.137. The van der Waals surface area contributed by atoms with E-state index < -0.39 is 11.7 Å². The Bertz CT molecular complexity index is 666. The van der Waals surface area contributed by atoms with E-state index in [4.69, 9.17) is 4.74 Å². The number of piperazine rings is 1. The molecule has 1 aromatic heterocycles. The Labute approximate surface area is 141 Å². The number of ether oxygens (including phenoxy) is 1. The molecule has 0 bridgehead atoms. The van der Waals surface area contributed by atoms with Crippen LogP contribution in [0.5, 0.6) is 0 Å². The van der Waals surface area contributed by atoms with Gasteiger partial charge in [-0.2, -0.15) is 17.5 Å². The van der Waals surface area contributed by atoms with E-state index in [-0.39, 0.29) is 0 Å². The Morgan fingerprint density at radius 3 is 2.29 bits per heavy atom. The Morgan fingerprint density at radius 1 is 1.08 bits per heavy atom. The van der Waals surface area contributed by atoms with Crippen molar-refractivity contribution in [2.24, 2.45) is 0 Å². The molecule has 1 aliphatic rings. The number of anilines is 2. The molecule has 3 rings (SSSR count). The zero-order valence-corrected chi connectivity index (χ0v) is 13.9. The van der Waals surface area contributed by atoms with Gasteiger partial charge >= 0.3 is 6.18 Å². The predicted octanol–water partition coefficient (Wildman–Crippen LogP) is 3.03. The first-order chi connectivity index (χ1) is 11.5. The number of nitrogens with zero attached hydrogens (tertiary/aromatic N) is 4. The standard InChI is InChI=1S/C15H17F3N4OS/c1-23-10-13-19-14(24-20-13)22-8-6-21(7-9-22)12-4-2-11(3-5-12)15(16,17)18/h2-5H,6-10H2,1H3. The monoisotopic (exact) mass is 358 g/mol. The highest BCUT2D eigenvalue weighted by Gasteiger charge is 2.30. The molecule has 24 heavy (non-hydrogen) atoms. The number of methoxy groups -OCH3 is 1. The van der Waals surface area contributed by atoms with Crippen molar-refractivity contribution in [2.75, 3.05) is 43.1 Å². The predicted molar refractivity (Wildman–Crippen MR) is 86.5 cm³/mol. The molecule has 0 amide bonds. The smallest absolute Gasteiger partial charge is 0.377 e. The number of halogens is 3. The molecule has 1 aliphatic heterocycles. The molecule has 0 unspecified atom stereocenters. The second kappa shape index (κ2) is 6.94. The molecule has 5 nitrogen and oxygen atoms in total.